The highest BCUT2D eigenvalue weighted by Gasteiger charge is 2.08. The number of hydrogen-bond acceptors (Lipinski definition) is 3. The van der Waals surface area contributed by atoms with Gasteiger partial charge >= 0.3 is 0 Å². The number of hydrogen-bond donors (Lipinski definition) is 2. The zero-order valence-corrected chi connectivity index (χ0v) is 11.7. The average molecular weight is 285 g/mol. The molecule has 19 heavy (non-hydrogen) atoms. The van der Waals surface area contributed by atoms with Crippen LogP contribution in [0.25, 0.3) is 0 Å². The topological polar surface area (TPSA) is 67.4 Å². The molecule has 0 aliphatic heterocycles. The molecule has 0 bridgehead atoms. The lowest BCUT2D eigenvalue weighted by Crippen LogP contribution is -2.38. The summed E-state index contributed by atoms with van der Waals surface area (Å²) in [6.45, 7) is 2.63. The Bertz CT molecular complexity index is 443. The molecule has 1 rings (SSSR count). The van der Waals surface area contributed by atoms with E-state index in [1.54, 1.807) is 25.3 Å². The minimum atomic E-state index is -0.326. The number of methoxy groups -OCH3 is 1. The molecular formula is C13H17ClN2O3. The third-order valence-electron chi connectivity index (χ3n) is 2.34. The summed E-state index contributed by atoms with van der Waals surface area (Å²) in [6.07, 6.45) is 0. The van der Waals surface area contributed by atoms with Crippen molar-refractivity contribution in [2.24, 2.45) is 0 Å². The standard InChI is InChI=1S/C13H17ClN2O3/c1-9-5-10(7-11(14)6-9)13(18)16-8-12(17)15-3-4-19-2/h5-7H,3-4,8H2,1-2H3,(H,15,17)(H,16,18). The molecule has 0 aliphatic carbocycles. The van der Waals surface area contributed by atoms with Crippen LogP contribution in [0.15, 0.2) is 18.2 Å². The number of carbonyl (C=O) groups excluding carboxylic acids is 2. The maximum atomic E-state index is 11.8. The van der Waals surface area contributed by atoms with Gasteiger partial charge in [0.15, 0.2) is 0 Å². The molecule has 1 aromatic rings. The molecule has 2 amide bonds. The van der Waals surface area contributed by atoms with Crippen LogP contribution in [-0.4, -0.2) is 38.6 Å². The van der Waals surface area contributed by atoms with Crippen molar-refractivity contribution in [3.63, 3.8) is 0 Å². The second-order valence-corrected chi connectivity index (χ2v) is 4.48. The number of ether oxygens (including phenoxy) is 1. The number of amides is 2. The number of nitrogens with one attached hydrogen (secondary N) is 2. The Morgan fingerprint density at radius 3 is 2.63 bits per heavy atom. The fraction of sp³-hybridized carbons (Fsp3) is 0.385. The molecule has 6 heteroatoms. The van der Waals surface area contributed by atoms with Crippen molar-refractivity contribution in [1.29, 1.82) is 0 Å². The Morgan fingerprint density at radius 1 is 1.26 bits per heavy atom. The Kier molecular flexibility index (Phi) is 6.32. The van der Waals surface area contributed by atoms with Gasteiger partial charge in [-0.3, -0.25) is 9.59 Å². The van der Waals surface area contributed by atoms with Crippen LogP contribution in [0.2, 0.25) is 5.02 Å². The van der Waals surface area contributed by atoms with E-state index in [1.807, 2.05) is 6.92 Å². The van der Waals surface area contributed by atoms with Gasteiger partial charge in [0.2, 0.25) is 5.91 Å². The molecule has 0 aromatic heterocycles. The minimum absolute atomic E-state index is 0.0753. The highest BCUT2D eigenvalue weighted by molar-refractivity contribution is 6.31. The van der Waals surface area contributed by atoms with E-state index in [1.165, 1.54) is 0 Å². The Labute approximate surface area is 117 Å². The van der Waals surface area contributed by atoms with E-state index >= 15 is 0 Å². The quantitative estimate of drug-likeness (QED) is 0.770. The molecule has 0 fully saturated rings. The van der Waals surface area contributed by atoms with E-state index in [0.717, 1.165) is 5.56 Å². The maximum absolute atomic E-state index is 11.8. The lowest BCUT2D eigenvalue weighted by molar-refractivity contribution is -0.120. The first-order chi connectivity index (χ1) is 9.02. The molecule has 0 saturated heterocycles. The monoisotopic (exact) mass is 284 g/mol. The predicted molar refractivity (Wildman–Crippen MR) is 73.4 cm³/mol. The van der Waals surface area contributed by atoms with Crippen molar-refractivity contribution < 1.29 is 14.3 Å². The van der Waals surface area contributed by atoms with E-state index in [0.29, 0.717) is 23.7 Å². The maximum Gasteiger partial charge on any atom is 0.251 e. The fourth-order valence-electron chi connectivity index (χ4n) is 1.49. The first kappa shape index (κ1) is 15.5. The van der Waals surface area contributed by atoms with E-state index in [9.17, 15) is 9.59 Å². The Morgan fingerprint density at radius 2 is 2.00 bits per heavy atom. The smallest absolute Gasteiger partial charge is 0.251 e. The number of rotatable bonds is 6. The molecule has 0 spiro atoms. The zero-order valence-electron chi connectivity index (χ0n) is 11.0. The number of carbonyl (C=O) groups is 2. The van der Waals surface area contributed by atoms with Gasteiger partial charge < -0.3 is 15.4 Å². The zero-order chi connectivity index (χ0) is 14.3. The van der Waals surface area contributed by atoms with Crippen LogP contribution in [0.3, 0.4) is 0 Å². The highest BCUT2D eigenvalue weighted by atomic mass is 35.5. The fourth-order valence-corrected chi connectivity index (χ4v) is 1.77. The average Bonchev–Trinajstić information content (AvgIpc) is 2.35. The van der Waals surface area contributed by atoms with Crippen molar-refractivity contribution in [1.82, 2.24) is 10.6 Å². The minimum Gasteiger partial charge on any atom is -0.383 e. The summed E-state index contributed by atoms with van der Waals surface area (Å²) in [7, 11) is 1.55. The van der Waals surface area contributed by atoms with E-state index < -0.39 is 0 Å². The van der Waals surface area contributed by atoms with E-state index in [2.05, 4.69) is 10.6 Å². The molecule has 0 saturated carbocycles. The van der Waals surface area contributed by atoms with Crippen LogP contribution in [-0.2, 0) is 9.53 Å². The van der Waals surface area contributed by atoms with Gasteiger partial charge in [-0.1, -0.05) is 11.6 Å². The second kappa shape index (κ2) is 7.76. The summed E-state index contributed by atoms with van der Waals surface area (Å²) >= 11 is 5.87. The molecule has 0 aliphatic rings. The van der Waals surface area contributed by atoms with Gasteiger partial charge in [0, 0.05) is 24.2 Å². The molecule has 1 aromatic carbocycles. The summed E-state index contributed by atoms with van der Waals surface area (Å²) in [5.74, 6) is -0.586. The first-order valence-corrected chi connectivity index (χ1v) is 6.21. The lowest BCUT2D eigenvalue weighted by Gasteiger charge is -2.07. The van der Waals surface area contributed by atoms with Crippen LogP contribution in [0.5, 0.6) is 0 Å². The summed E-state index contributed by atoms with van der Waals surface area (Å²) in [4.78, 5) is 23.2. The van der Waals surface area contributed by atoms with E-state index in [4.69, 9.17) is 16.3 Å². The third-order valence-corrected chi connectivity index (χ3v) is 2.56. The van der Waals surface area contributed by atoms with Crippen LogP contribution >= 0.6 is 11.6 Å². The van der Waals surface area contributed by atoms with Crippen molar-refractivity contribution in [2.75, 3.05) is 26.8 Å². The second-order valence-electron chi connectivity index (χ2n) is 4.04. The summed E-state index contributed by atoms with van der Waals surface area (Å²) in [6, 6.07) is 5.03. The summed E-state index contributed by atoms with van der Waals surface area (Å²) < 4.78 is 4.80. The molecule has 2 N–H and O–H groups in total. The third kappa shape index (κ3) is 5.72. The van der Waals surface area contributed by atoms with Crippen molar-refractivity contribution in [3.8, 4) is 0 Å². The van der Waals surface area contributed by atoms with Crippen molar-refractivity contribution in [2.45, 2.75) is 6.92 Å². The van der Waals surface area contributed by atoms with Gasteiger partial charge in [-0.05, 0) is 30.7 Å². The van der Waals surface area contributed by atoms with Gasteiger partial charge in [0.05, 0.1) is 13.2 Å². The number of benzene rings is 1. The van der Waals surface area contributed by atoms with Gasteiger partial charge in [-0.15, -0.1) is 0 Å². The largest absolute Gasteiger partial charge is 0.383 e. The number of aryl methyl sites for hydroxylation is 1. The van der Waals surface area contributed by atoms with Crippen molar-refractivity contribution >= 4 is 23.4 Å². The van der Waals surface area contributed by atoms with Gasteiger partial charge in [-0.2, -0.15) is 0 Å². The van der Waals surface area contributed by atoms with Gasteiger partial charge in [0.25, 0.3) is 5.91 Å². The first-order valence-electron chi connectivity index (χ1n) is 5.84. The van der Waals surface area contributed by atoms with Gasteiger partial charge in [0.1, 0.15) is 0 Å². The summed E-state index contributed by atoms with van der Waals surface area (Å²) in [5.41, 5.74) is 1.33. The predicted octanol–water partition coefficient (Wildman–Crippen LogP) is 1.14. The summed E-state index contributed by atoms with van der Waals surface area (Å²) in [5, 5.41) is 5.63. The normalized spacial score (nSPS) is 10.1. The lowest BCUT2D eigenvalue weighted by atomic mass is 10.1. The molecular weight excluding hydrogens is 268 g/mol. The van der Waals surface area contributed by atoms with Gasteiger partial charge in [-0.25, -0.2) is 0 Å². The van der Waals surface area contributed by atoms with E-state index in [-0.39, 0.29) is 18.4 Å². The highest BCUT2D eigenvalue weighted by Crippen LogP contribution is 2.14. The number of halogens is 1. The molecule has 0 unspecified atom stereocenters. The van der Waals surface area contributed by atoms with Crippen molar-refractivity contribution in [3.05, 3.63) is 34.3 Å². The Hall–Kier alpha value is -1.59. The van der Waals surface area contributed by atoms with Crippen LogP contribution in [0.4, 0.5) is 0 Å². The van der Waals surface area contributed by atoms with Crippen LogP contribution in [0.1, 0.15) is 15.9 Å². The molecule has 5 nitrogen and oxygen atoms in total. The molecule has 0 atom stereocenters. The van der Waals surface area contributed by atoms with Crippen LogP contribution < -0.4 is 10.6 Å². The molecule has 0 radical (unpaired) electrons. The Balaban J connectivity index is 2.44. The molecule has 104 valence electrons. The molecule has 0 heterocycles. The van der Waals surface area contributed by atoms with Crippen LogP contribution in [0, 0.1) is 6.92 Å². The SMILES string of the molecule is COCCNC(=O)CNC(=O)c1cc(C)cc(Cl)c1.